The van der Waals surface area contributed by atoms with Crippen molar-refractivity contribution in [3.05, 3.63) is 29.8 Å². The molecule has 0 spiro atoms. The van der Waals surface area contributed by atoms with Crippen LogP contribution in [0.4, 0.5) is 65.9 Å². The zero-order valence-corrected chi connectivity index (χ0v) is 18.1. The Morgan fingerprint density at radius 2 is 1.08 bits per heavy atom. The minimum Gasteiger partial charge on any atom is -0.488 e. The summed E-state index contributed by atoms with van der Waals surface area (Å²) in [7, 11) is 0. The van der Waals surface area contributed by atoms with Crippen molar-refractivity contribution < 1.29 is 75.7 Å². The number of hydrogen-bond acceptors (Lipinski definition) is 2. The molecule has 0 saturated carbocycles. The highest BCUT2D eigenvalue weighted by Crippen LogP contribution is 2.63. The first-order valence-corrected chi connectivity index (χ1v) is 9.37. The molecule has 0 bridgehead atoms. The van der Waals surface area contributed by atoms with Gasteiger partial charge in [0.15, 0.2) is 0 Å². The normalized spacial score (nSPS) is 16.2. The van der Waals surface area contributed by atoms with Crippen LogP contribution in [0.3, 0.4) is 0 Å². The van der Waals surface area contributed by atoms with Gasteiger partial charge in [0.25, 0.3) is 0 Å². The van der Waals surface area contributed by atoms with Gasteiger partial charge in [0.1, 0.15) is 11.4 Å². The van der Waals surface area contributed by atoms with Crippen molar-refractivity contribution in [2.45, 2.75) is 80.6 Å². The van der Waals surface area contributed by atoms with Crippen molar-refractivity contribution in [2.24, 2.45) is 0 Å². The molecule has 0 fully saturated rings. The van der Waals surface area contributed by atoms with Gasteiger partial charge in [-0.2, -0.15) is 65.9 Å². The van der Waals surface area contributed by atoms with Crippen molar-refractivity contribution in [1.82, 2.24) is 0 Å². The maximum atomic E-state index is 14.0. The van der Waals surface area contributed by atoms with Gasteiger partial charge in [-0.25, -0.2) is 0 Å². The lowest BCUT2D eigenvalue weighted by Crippen LogP contribution is -2.72. The summed E-state index contributed by atoms with van der Waals surface area (Å²) >= 11 is 0. The van der Waals surface area contributed by atoms with Crippen LogP contribution in [0.15, 0.2) is 24.3 Å². The number of aliphatic hydroxyl groups excluding tert-OH is 1. The maximum absolute atomic E-state index is 14.0. The summed E-state index contributed by atoms with van der Waals surface area (Å²) in [6.07, 6.45) is -13.4. The third kappa shape index (κ3) is 5.30. The third-order valence-corrected chi connectivity index (χ3v) is 4.51. The van der Waals surface area contributed by atoms with Crippen LogP contribution in [0.25, 0.3) is 0 Å². The SMILES string of the molecule is CC(C)(C)Oc1cccc(C(O)CC(F)(F)C(F)(F)C(F)(F)C(F)(F)C(F)(F)C(F)(F)C(F)(F)F)c1. The molecule has 1 aromatic rings. The van der Waals surface area contributed by atoms with Crippen LogP contribution in [0.5, 0.6) is 5.75 Å². The minimum absolute atomic E-state index is 0.181. The maximum Gasteiger partial charge on any atom is 0.460 e. The molecule has 0 aliphatic heterocycles. The molecule has 2 nitrogen and oxygen atoms in total. The summed E-state index contributed by atoms with van der Waals surface area (Å²) in [6.45, 7) is 4.47. The van der Waals surface area contributed by atoms with E-state index in [4.69, 9.17) is 4.74 Å². The average Bonchev–Trinajstić information content (AvgIpc) is 2.64. The summed E-state index contributed by atoms with van der Waals surface area (Å²) in [5.74, 6) is -47.3. The summed E-state index contributed by atoms with van der Waals surface area (Å²) in [5, 5.41) is 9.79. The van der Waals surface area contributed by atoms with Gasteiger partial charge in [0, 0.05) is 6.42 Å². The van der Waals surface area contributed by atoms with E-state index < -0.39 is 65.4 Å². The first-order valence-electron chi connectivity index (χ1n) is 9.37. The van der Waals surface area contributed by atoms with Crippen LogP contribution < -0.4 is 4.74 Å². The Morgan fingerprint density at radius 1 is 0.667 bits per heavy atom. The molecule has 0 aromatic heterocycles. The largest absolute Gasteiger partial charge is 0.488 e. The average molecular weight is 562 g/mol. The molecular formula is C19H17F15O2. The van der Waals surface area contributed by atoms with Crippen molar-refractivity contribution in [3.8, 4) is 5.75 Å². The van der Waals surface area contributed by atoms with E-state index in [1.807, 2.05) is 0 Å². The van der Waals surface area contributed by atoms with Gasteiger partial charge in [-0.1, -0.05) is 12.1 Å². The van der Waals surface area contributed by atoms with E-state index in [0.29, 0.717) is 0 Å². The molecule has 0 radical (unpaired) electrons. The second kappa shape index (κ2) is 9.04. The Morgan fingerprint density at radius 3 is 1.50 bits per heavy atom. The van der Waals surface area contributed by atoms with E-state index in [2.05, 4.69) is 0 Å². The summed E-state index contributed by atoms with van der Waals surface area (Å²) < 4.78 is 204. The van der Waals surface area contributed by atoms with E-state index >= 15 is 0 Å². The Labute approximate surface area is 193 Å². The molecule has 0 aliphatic carbocycles. The first-order chi connectivity index (χ1) is 15.6. The van der Waals surface area contributed by atoms with E-state index in [-0.39, 0.29) is 5.75 Å². The second-order valence-corrected chi connectivity index (χ2v) is 8.58. The Hall–Kier alpha value is -2.07. The molecule has 1 aromatic carbocycles. The summed E-state index contributed by atoms with van der Waals surface area (Å²) in [5.41, 5.74) is -1.67. The number of rotatable bonds is 9. The van der Waals surface area contributed by atoms with Crippen LogP contribution in [0, 0.1) is 0 Å². The smallest absolute Gasteiger partial charge is 0.460 e. The highest BCUT2D eigenvalue weighted by molar-refractivity contribution is 5.30. The fourth-order valence-electron chi connectivity index (χ4n) is 2.63. The molecule has 210 valence electrons. The highest BCUT2D eigenvalue weighted by Gasteiger charge is 2.93. The zero-order valence-electron chi connectivity index (χ0n) is 18.1. The van der Waals surface area contributed by atoms with Gasteiger partial charge in [-0.3, -0.25) is 0 Å². The summed E-state index contributed by atoms with van der Waals surface area (Å²) in [4.78, 5) is 0. The van der Waals surface area contributed by atoms with Crippen LogP contribution in [0.2, 0.25) is 0 Å². The van der Waals surface area contributed by atoms with Gasteiger partial charge in [0.05, 0.1) is 6.10 Å². The predicted molar refractivity (Wildman–Crippen MR) is 92.1 cm³/mol. The lowest BCUT2D eigenvalue weighted by molar-refractivity contribution is -0.453. The fraction of sp³-hybridized carbons (Fsp3) is 0.684. The number of halogens is 15. The second-order valence-electron chi connectivity index (χ2n) is 8.58. The first kappa shape index (κ1) is 32.0. The van der Waals surface area contributed by atoms with Gasteiger partial charge in [-0.15, -0.1) is 0 Å². The number of aliphatic hydroxyl groups is 1. The number of alkyl halides is 15. The van der Waals surface area contributed by atoms with Crippen LogP contribution in [0.1, 0.15) is 38.9 Å². The minimum atomic E-state index is -8.36. The van der Waals surface area contributed by atoms with Crippen molar-refractivity contribution in [2.75, 3.05) is 0 Å². The third-order valence-electron chi connectivity index (χ3n) is 4.51. The standard InChI is InChI=1S/C19H17F15O2/c1-12(2,3)36-10-6-4-5-9(7-10)11(35)8-13(20,21)14(22,23)15(24,25)16(26,27)17(28,29)18(30,31)19(32,33)34/h4-7,11,35H,8H2,1-3H3. The van der Waals surface area contributed by atoms with E-state index in [9.17, 15) is 71.0 Å². The number of benzene rings is 1. The van der Waals surface area contributed by atoms with Crippen LogP contribution in [-0.2, 0) is 0 Å². The molecule has 17 heteroatoms. The molecule has 1 unspecified atom stereocenters. The molecule has 0 heterocycles. The molecule has 0 amide bonds. The quantitative estimate of drug-likeness (QED) is 0.313. The summed E-state index contributed by atoms with van der Waals surface area (Å²) in [6, 6.07) is 3.68. The van der Waals surface area contributed by atoms with Crippen molar-refractivity contribution in [3.63, 3.8) is 0 Å². The lowest BCUT2D eigenvalue weighted by Gasteiger charge is -2.41. The van der Waals surface area contributed by atoms with Gasteiger partial charge < -0.3 is 9.84 Å². The monoisotopic (exact) mass is 562 g/mol. The fourth-order valence-corrected chi connectivity index (χ4v) is 2.63. The van der Waals surface area contributed by atoms with Crippen LogP contribution >= 0.6 is 0 Å². The van der Waals surface area contributed by atoms with E-state index in [1.54, 1.807) is 0 Å². The van der Waals surface area contributed by atoms with E-state index in [1.165, 1.54) is 26.8 Å². The molecule has 1 atom stereocenters. The Bertz CT molecular complexity index is 916. The molecular weight excluding hydrogens is 545 g/mol. The molecule has 0 aliphatic rings. The topological polar surface area (TPSA) is 29.5 Å². The van der Waals surface area contributed by atoms with Crippen LogP contribution in [-0.4, -0.2) is 52.4 Å². The van der Waals surface area contributed by atoms with Crippen molar-refractivity contribution in [1.29, 1.82) is 0 Å². The van der Waals surface area contributed by atoms with Gasteiger partial charge in [0.2, 0.25) is 0 Å². The number of hydrogen-bond donors (Lipinski definition) is 1. The number of ether oxygens (including phenoxy) is 1. The Kier molecular flexibility index (Phi) is 8.03. The van der Waals surface area contributed by atoms with Gasteiger partial charge >= 0.3 is 41.7 Å². The lowest BCUT2D eigenvalue weighted by atomic mass is 9.88. The van der Waals surface area contributed by atoms with Crippen molar-refractivity contribution >= 4 is 0 Å². The predicted octanol–water partition coefficient (Wildman–Crippen LogP) is 7.66. The Balaban J connectivity index is 3.41. The molecule has 1 rings (SSSR count). The molecule has 1 N–H and O–H groups in total. The zero-order chi connectivity index (χ0) is 29.0. The van der Waals surface area contributed by atoms with Gasteiger partial charge in [-0.05, 0) is 38.5 Å². The molecule has 0 saturated heterocycles. The van der Waals surface area contributed by atoms with E-state index in [0.717, 1.165) is 18.2 Å². The molecule has 36 heavy (non-hydrogen) atoms. The highest BCUT2D eigenvalue weighted by atomic mass is 19.4.